The maximum atomic E-state index is 4.12. The highest BCUT2D eigenvalue weighted by Gasteiger charge is 2.04. The molecule has 0 unspecified atom stereocenters. The van der Waals surface area contributed by atoms with Crippen LogP contribution in [0.3, 0.4) is 0 Å². The highest BCUT2D eigenvalue weighted by Crippen LogP contribution is 2.15. The van der Waals surface area contributed by atoms with Crippen LogP contribution < -0.4 is 0 Å². The molecule has 0 aromatic carbocycles. The van der Waals surface area contributed by atoms with Crippen LogP contribution in [0.1, 0.15) is 13.8 Å². The van der Waals surface area contributed by atoms with Gasteiger partial charge in [-0.15, -0.1) is 0 Å². The summed E-state index contributed by atoms with van der Waals surface area (Å²) >= 11 is 1.69. The number of hydrogen-bond donors (Lipinski definition) is 0. The number of nitrogens with zero attached hydrogens (tertiary/aromatic N) is 2. The summed E-state index contributed by atoms with van der Waals surface area (Å²) in [5.41, 5.74) is 0. The first kappa shape index (κ1) is 6.68. The van der Waals surface area contributed by atoms with E-state index < -0.39 is 0 Å². The molecule has 0 amide bonds. The van der Waals surface area contributed by atoms with Crippen molar-refractivity contribution in [1.82, 2.24) is 4.31 Å². The third kappa shape index (κ3) is 1.48. The Balaban J connectivity index is 2.59. The second-order valence-corrected chi connectivity index (χ2v) is 2.69. The van der Waals surface area contributed by atoms with E-state index in [9.17, 15) is 0 Å². The van der Waals surface area contributed by atoms with E-state index in [-0.39, 0.29) is 0 Å². The molecule has 0 N–H and O–H groups in total. The number of aliphatic imine (C=N–C) groups is 1. The fourth-order valence-electron chi connectivity index (χ4n) is 0.683. The van der Waals surface area contributed by atoms with E-state index in [0.29, 0.717) is 0 Å². The zero-order valence-electron chi connectivity index (χ0n) is 5.66. The Bertz CT molecular complexity index is 151. The van der Waals surface area contributed by atoms with E-state index in [1.165, 1.54) is 0 Å². The predicted octanol–water partition coefficient (Wildman–Crippen LogP) is 1.86. The Morgan fingerprint density at radius 2 is 2.56 bits per heavy atom. The quantitative estimate of drug-likeness (QED) is 0.519. The summed E-state index contributed by atoms with van der Waals surface area (Å²) < 4.78 is 2.14. The summed E-state index contributed by atoms with van der Waals surface area (Å²) in [5, 5.41) is 1.98. The van der Waals surface area contributed by atoms with Gasteiger partial charge in [0.25, 0.3) is 0 Å². The topological polar surface area (TPSA) is 15.6 Å². The minimum absolute atomic E-state index is 1.02. The molecule has 0 fully saturated rings. The SMILES string of the molecule is CCN1SC=CN=C1C. The first-order chi connectivity index (χ1) is 4.34. The molecule has 3 heteroatoms. The van der Waals surface area contributed by atoms with Gasteiger partial charge in [0.2, 0.25) is 0 Å². The van der Waals surface area contributed by atoms with Crippen molar-refractivity contribution >= 4 is 17.8 Å². The van der Waals surface area contributed by atoms with Gasteiger partial charge in [0, 0.05) is 18.2 Å². The molecule has 0 aliphatic carbocycles. The van der Waals surface area contributed by atoms with E-state index in [1.807, 2.05) is 18.5 Å². The van der Waals surface area contributed by atoms with Crippen LogP contribution in [-0.4, -0.2) is 16.7 Å². The highest BCUT2D eigenvalue weighted by atomic mass is 32.2. The minimum atomic E-state index is 1.02. The zero-order chi connectivity index (χ0) is 6.69. The van der Waals surface area contributed by atoms with Gasteiger partial charge in [-0.3, -0.25) is 0 Å². The lowest BCUT2D eigenvalue weighted by Gasteiger charge is -2.20. The third-order valence-corrected chi connectivity index (χ3v) is 2.18. The molecule has 0 saturated heterocycles. The summed E-state index contributed by atoms with van der Waals surface area (Å²) in [6, 6.07) is 0. The first-order valence-corrected chi connectivity index (χ1v) is 3.82. The Morgan fingerprint density at radius 3 is 3.00 bits per heavy atom. The lowest BCUT2D eigenvalue weighted by molar-refractivity contribution is 0.711. The molecule has 1 aliphatic heterocycles. The zero-order valence-corrected chi connectivity index (χ0v) is 6.48. The molecule has 0 aromatic heterocycles. The molecule has 9 heavy (non-hydrogen) atoms. The van der Waals surface area contributed by atoms with Crippen molar-refractivity contribution in [3.63, 3.8) is 0 Å². The predicted molar refractivity (Wildman–Crippen MR) is 42.2 cm³/mol. The van der Waals surface area contributed by atoms with Crippen LogP contribution in [-0.2, 0) is 0 Å². The molecule has 1 aliphatic rings. The van der Waals surface area contributed by atoms with E-state index in [2.05, 4.69) is 16.2 Å². The van der Waals surface area contributed by atoms with Crippen molar-refractivity contribution in [3.05, 3.63) is 11.6 Å². The average molecular weight is 142 g/mol. The van der Waals surface area contributed by atoms with Gasteiger partial charge in [-0.2, -0.15) is 0 Å². The van der Waals surface area contributed by atoms with Gasteiger partial charge in [0.05, 0.1) is 0 Å². The van der Waals surface area contributed by atoms with Crippen LogP contribution >= 0.6 is 11.9 Å². The van der Waals surface area contributed by atoms with Crippen molar-refractivity contribution < 1.29 is 0 Å². The molecule has 0 atom stereocenters. The smallest absolute Gasteiger partial charge is 0.111 e. The first-order valence-electron chi connectivity index (χ1n) is 2.98. The maximum Gasteiger partial charge on any atom is 0.111 e. The second kappa shape index (κ2) is 2.92. The van der Waals surface area contributed by atoms with Gasteiger partial charge in [-0.25, -0.2) is 4.99 Å². The fourth-order valence-corrected chi connectivity index (χ4v) is 1.29. The molecule has 0 bridgehead atoms. The summed E-state index contributed by atoms with van der Waals surface area (Å²) in [6.07, 6.45) is 1.83. The van der Waals surface area contributed by atoms with Crippen LogP contribution in [0.25, 0.3) is 0 Å². The summed E-state index contributed by atoms with van der Waals surface area (Å²) in [5.74, 6) is 1.09. The van der Waals surface area contributed by atoms with Crippen molar-refractivity contribution in [2.75, 3.05) is 6.54 Å². The molecule has 2 nitrogen and oxygen atoms in total. The molecular formula is C6H10N2S. The molecule has 1 rings (SSSR count). The molecule has 50 valence electrons. The second-order valence-electron chi connectivity index (χ2n) is 1.76. The third-order valence-electron chi connectivity index (χ3n) is 1.16. The lowest BCUT2D eigenvalue weighted by atomic mass is 10.6. The fraction of sp³-hybridized carbons (Fsp3) is 0.500. The van der Waals surface area contributed by atoms with Crippen molar-refractivity contribution in [3.8, 4) is 0 Å². The van der Waals surface area contributed by atoms with Crippen molar-refractivity contribution in [1.29, 1.82) is 0 Å². The van der Waals surface area contributed by atoms with Crippen molar-refractivity contribution in [2.24, 2.45) is 4.99 Å². The number of amidine groups is 1. The molecule has 0 radical (unpaired) electrons. The minimum Gasteiger partial charge on any atom is -0.301 e. The Kier molecular flexibility index (Phi) is 2.16. The largest absolute Gasteiger partial charge is 0.301 e. The summed E-state index contributed by atoms with van der Waals surface area (Å²) in [6.45, 7) is 5.15. The Labute approximate surface area is 59.8 Å². The molecule has 0 saturated carbocycles. The average Bonchev–Trinajstić information content (AvgIpc) is 1.89. The van der Waals surface area contributed by atoms with Gasteiger partial charge in [-0.05, 0) is 25.8 Å². The molecule has 1 heterocycles. The number of rotatable bonds is 1. The summed E-state index contributed by atoms with van der Waals surface area (Å²) in [4.78, 5) is 4.12. The summed E-state index contributed by atoms with van der Waals surface area (Å²) in [7, 11) is 0. The van der Waals surface area contributed by atoms with Crippen LogP contribution in [0.4, 0.5) is 0 Å². The van der Waals surface area contributed by atoms with Crippen LogP contribution in [0.2, 0.25) is 0 Å². The molecule has 0 aromatic rings. The number of hydrogen-bond acceptors (Lipinski definition) is 3. The highest BCUT2D eigenvalue weighted by molar-refractivity contribution is 8.00. The van der Waals surface area contributed by atoms with Crippen LogP contribution in [0, 0.1) is 0 Å². The monoisotopic (exact) mass is 142 g/mol. The van der Waals surface area contributed by atoms with E-state index >= 15 is 0 Å². The normalized spacial score (nSPS) is 18.0. The lowest BCUT2D eigenvalue weighted by Crippen LogP contribution is -2.21. The molecule has 0 spiro atoms. The van der Waals surface area contributed by atoms with E-state index in [0.717, 1.165) is 12.4 Å². The van der Waals surface area contributed by atoms with Gasteiger partial charge >= 0.3 is 0 Å². The van der Waals surface area contributed by atoms with Gasteiger partial charge in [0.1, 0.15) is 5.84 Å². The van der Waals surface area contributed by atoms with Gasteiger partial charge in [-0.1, -0.05) is 0 Å². The van der Waals surface area contributed by atoms with Gasteiger partial charge < -0.3 is 4.31 Å². The molecular weight excluding hydrogens is 132 g/mol. The van der Waals surface area contributed by atoms with E-state index in [4.69, 9.17) is 0 Å². The van der Waals surface area contributed by atoms with Gasteiger partial charge in [0.15, 0.2) is 0 Å². The van der Waals surface area contributed by atoms with E-state index in [1.54, 1.807) is 11.9 Å². The Morgan fingerprint density at radius 1 is 1.78 bits per heavy atom. The van der Waals surface area contributed by atoms with Crippen molar-refractivity contribution in [2.45, 2.75) is 13.8 Å². The Hall–Kier alpha value is -0.440. The standard InChI is InChI=1S/C6H10N2S/c1-3-8-6(2)7-4-5-9-8/h4-5H,3H2,1-2H3. The van der Waals surface area contributed by atoms with Crippen LogP contribution in [0.15, 0.2) is 16.6 Å². The maximum absolute atomic E-state index is 4.12. The van der Waals surface area contributed by atoms with Crippen LogP contribution in [0.5, 0.6) is 0 Å².